The van der Waals surface area contributed by atoms with Crippen molar-refractivity contribution in [2.75, 3.05) is 26.4 Å². The third-order valence-electron chi connectivity index (χ3n) is 9.20. The van der Waals surface area contributed by atoms with E-state index in [-0.39, 0.29) is 6.61 Å². The van der Waals surface area contributed by atoms with E-state index in [0.717, 1.165) is 69.2 Å². The van der Waals surface area contributed by atoms with Crippen LogP contribution in [0.15, 0.2) is 12.7 Å². The fourth-order valence-electron chi connectivity index (χ4n) is 7.05. The van der Waals surface area contributed by atoms with Gasteiger partial charge in [-0.1, -0.05) is 6.08 Å². The van der Waals surface area contributed by atoms with Crippen molar-refractivity contribution in [1.29, 1.82) is 0 Å². The van der Waals surface area contributed by atoms with Crippen molar-refractivity contribution in [2.45, 2.75) is 161 Å². The zero-order chi connectivity index (χ0) is 50.3. The maximum atomic E-state index is 13.0. The van der Waals surface area contributed by atoms with Gasteiger partial charge in [0, 0.05) is 69.2 Å². The van der Waals surface area contributed by atoms with Gasteiger partial charge in [-0.05, 0) is 0 Å². The van der Waals surface area contributed by atoms with Crippen LogP contribution in [-0.2, 0) is 124 Å². The van der Waals surface area contributed by atoms with Crippen LogP contribution < -0.4 is 0 Å². The summed E-state index contributed by atoms with van der Waals surface area (Å²) < 4.78 is 91.6. The van der Waals surface area contributed by atoms with Crippen molar-refractivity contribution >= 4 is 59.7 Å². The van der Waals surface area contributed by atoms with Gasteiger partial charge in [0.25, 0.3) is 0 Å². The number of hydrogen-bond acceptors (Lipinski definition) is 26. The van der Waals surface area contributed by atoms with E-state index >= 15 is 0 Å². The first-order chi connectivity index (χ1) is 31.4. The Labute approximate surface area is 383 Å². The van der Waals surface area contributed by atoms with Crippen LogP contribution in [-0.4, -0.2) is 178 Å². The minimum atomic E-state index is -2.00. The number of esters is 10. The normalized spacial score (nSPS) is 31.3. The lowest BCUT2D eigenvalue weighted by Gasteiger charge is -2.50. The van der Waals surface area contributed by atoms with Gasteiger partial charge >= 0.3 is 59.7 Å². The molecule has 3 aliphatic rings. The molecule has 26 nitrogen and oxygen atoms in total. The molecule has 3 fully saturated rings. The standard InChI is InChI=1S/C41H56O26/c1-12-13-52-39-36(60-24(9)49)34(58-22(7)47)31(28(63-39)15-54-18(3)43)66-41-38(62-26(11)51)35(59-23(8)48)32(29(65-41)16-55-19(4)44)67-40-37(61-25(10)50)33(57-21(6)46)30(56-20(5)45)27(64-40)14-53-17(2)42/h12,27-41H,1,13-16H2,2-11H3/t27-,28-,29-,30+,31-,32+,33+,34+,35+,36-,37-,38-,39-,40-,41+/m1/s1. The number of carbonyl (C=O) groups excluding carboxylic acids is 10. The van der Waals surface area contributed by atoms with E-state index in [2.05, 4.69) is 6.58 Å². The van der Waals surface area contributed by atoms with Crippen molar-refractivity contribution in [3.8, 4) is 0 Å². The topological polar surface area (TPSA) is 318 Å². The lowest BCUT2D eigenvalue weighted by Crippen LogP contribution is -2.69. The molecule has 0 amide bonds. The fraction of sp³-hybridized carbons (Fsp3) is 0.707. The van der Waals surface area contributed by atoms with Gasteiger partial charge in [0.1, 0.15) is 50.3 Å². The Hall–Kier alpha value is -5.80. The summed E-state index contributed by atoms with van der Waals surface area (Å²) in [7, 11) is 0. The molecule has 0 aromatic rings. The van der Waals surface area contributed by atoms with Gasteiger partial charge in [0.05, 0.1) is 6.61 Å². The van der Waals surface area contributed by atoms with E-state index in [1.165, 1.54) is 6.08 Å². The first-order valence-electron chi connectivity index (χ1n) is 20.5. The third kappa shape index (κ3) is 17.1. The molecule has 3 heterocycles. The molecule has 26 heteroatoms. The molecule has 3 aliphatic heterocycles. The SMILES string of the molecule is C=CCO[C@@H]1O[C@H](COC(C)=O)[C@@H](O[C@@H]2O[C@H](COC(C)=O)[C@H](O[C@H]3O[C@H](COC(C)=O)[C@H](OC(C)=O)[C@H](OC(C)=O)[C@H]3OC(C)=O)[C@H](OC(C)=O)[C@H]2OC(C)=O)[C@H](OC(C)=O)[C@H]1OC(C)=O. The second kappa shape index (κ2) is 25.9. The summed E-state index contributed by atoms with van der Waals surface area (Å²) in [5, 5.41) is 0. The monoisotopic (exact) mass is 964 g/mol. The predicted molar refractivity (Wildman–Crippen MR) is 211 cm³/mol. The van der Waals surface area contributed by atoms with E-state index in [1.54, 1.807) is 0 Å². The number of rotatable bonds is 20. The Bertz CT molecular complexity index is 1810. The summed E-state index contributed by atoms with van der Waals surface area (Å²) in [4.78, 5) is 125. The molecule has 376 valence electrons. The molecule has 0 N–H and O–H groups in total. The fourth-order valence-corrected chi connectivity index (χ4v) is 7.05. The molecule has 0 aromatic heterocycles. The van der Waals surface area contributed by atoms with Crippen LogP contribution in [0.4, 0.5) is 0 Å². The van der Waals surface area contributed by atoms with E-state index in [4.69, 9.17) is 75.8 Å². The summed E-state index contributed by atoms with van der Waals surface area (Å²) in [6.45, 7) is 11.4. The molecule has 0 saturated carbocycles. The average molecular weight is 965 g/mol. The van der Waals surface area contributed by atoms with Crippen molar-refractivity contribution < 1.29 is 124 Å². The van der Waals surface area contributed by atoms with Gasteiger partial charge in [-0.2, -0.15) is 0 Å². The Morgan fingerprint density at radius 3 is 0.910 bits per heavy atom. The van der Waals surface area contributed by atoms with Crippen molar-refractivity contribution in [3.63, 3.8) is 0 Å². The molecule has 0 bridgehead atoms. The maximum absolute atomic E-state index is 13.0. The van der Waals surface area contributed by atoms with E-state index in [1.807, 2.05) is 0 Å². The molecule has 0 spiro atoms. The summed E-state index contributed by atoms with van der Waals surface area (Å²) in [6, 6.07) is 0. The Kier molecular flexibility index (Phi) is 21.5. The van der Waals surface area contributed by atoms with Crippen LogP contribution in [0.3, 0.4) is 0 Å². The highest BCUT2D eigenvalue weighted by molar-refractivity contribution is 5.70. The van der Waals surface area contributed by atoms with Crippen LogP contribution in [0, 0.1) is 0 Å². The van der Waals surface area contributed by atoms with Gasteiger partial charge in [-0.25, -0.2) is 0 Å². The Morgan fingerprint density at radius 2 is 0.612 bits per heavy atom. The zero-order valence-corrected chi connectivity index (χ0v) is 38.4. The number of carbonyl (C=O) groups is 10. The summed E-state index contributed by atoms with van der Waals surface area (Å²) in [6.07, 6.45) is -24.9. The van der Waals surface area contributed by atoms with Crippen LogP contribution in [0.2, 0.25) is 0 Å². The second-order valence-electron chi connectivity index (χ2n) is 14.9. The lowest BCUT2D eigenvalue weighted by molar-refractivity contribution is -0.379. The first-order valence-corrected chi connectivity index (χ1v) is 20.5. The maximum Gasteiger partial charge on any atom is 0.303 e. The van der Waals surface area contributed by atoms with Gasteiger partial charge in [-0.15, -0.1) is 6.58 Å². The van der Waals surface area contributed by atoms with Crippen molar-refractivity contribution in [2.24, 2.45) is 0 Å². The summed E-state index contributed by atoms with van der Waals surface area (Å²) >= 11 is 0. The molecule has 15 atom stereocenters. The Balaban J connectivity index is 2.30. The second-order valence-corrected chi connectivity index (χ2v) is 14.9. The third-order valence-corrected chi connectivity index (χ3v) is 9.20. The van der Waals surface area contributed by atoms with Gasteiger partial charge in [0.2, 0.25) is 0 Å². The number of ether oxygens (including phenoxy) is 16. The molecular formula is C41H56O26. The van der Waals surface area contributed by atoms with Crippen LogP contribution in [0.25, 0.3) is 0 Å². The quantitative estimate of drug-likeness (QED) is 0.0831. The van der Waals surface area contributed by atoms with E-state index < -0.39 is 172 Å². The van der Waals surface area contributed by atoms with Gasteiger partial charge < -0.3 is 75.8 Å². The molecule has 3 saturated heterocycles. The lowest BCUT2D eigenvalue weighted by atomic mass is 9.95. The summed E-state index contributed by atoms with van der Waals surface area (Å²) in [5.74, 6) is -9.38. The molecular weight excluding hydrogens is 908 g/mol. The Morgan fingerprint density at radius 1 is 0.358 bits per heavy atom. The molecule has 0 aromatic carbocycles. The van der Waals surface area contributed by atoms with Crippen LogP contribution in [0.5, 0.6) is 0 Å². The highest BCUT2D eigenvalue weighted by atomic mass is 16.8. The highest BCUT2D eigenvalue weighted by Crippen LogP contribution is 2.38. The zero-order valence-electron chi connectivity index (χ0n) is 38.4. The smallest absolute Gasteiger partial charge is 0.303 e. The van der Waals surface area contributed by atoms with Crippen molar-refractivity contribution in [3.05, 3.63) is 12.7 Å². The van der Waals surface area contributed by atoms with E-state index in [9.17, 15) is 47.9 Å². The van der Waals surface area contributed by atoms with Crippen LogP contribution >= 0.6 is 0 Å². The average Bonchev–Trinajstić information content (AvgIpc) is 3.19. The van der Waals surface area contributed by atoms with Crippen LogP contribution in [0.1, 0.15) is 69.2 Å². The predicted octanol–water partition coefficient (Wildman–Crippen LogP) is -0.655. The van der Waals surface area contributed by atoms with Gasteiger partial charge in [-0.3, -0.25) is 47.9 Å². The molecule has 0 aliphatic carbocycles. The molecule has 3 rings (SSSR count). The summed E-state index contributed by atoms with van der Waals surface area (Å²) in [5.41, 5.74) is 0. The minimum absolute atomic E-state index is 0.190. The first kappa shape index (κ1) is 55.5. The molecule has 67 heavy (non-hydrogen) atoms. The minimum Gasteiger partial charge on any atom is -0.463 e. The van der Waals surface area contributed by atoms with E-state index in [0.29, 0.717) is 0 Å². The van der Waals surface area contributed by atoms with Crippen molar-refractivity contribution in [1.82, 2.24) is 0 Å². The largest absolute Gasteiger partial charge is 0.463 e. The van der Waals surface area contributed by atoms with Gasteiger partial charge in [0.15, 0.2) is 61.6 Å². The number of hydrogen-bond donors (Lipinski definition) is 0. The molecule has 0 unspecified atom stereocenters. The molecule has 0 radical (unpaired) electrons. The highest BCUT2D eigenvalue weighted by Gasteiger charge is 2.60.